The average Bonchev–Trinajstić information content (AvgIpc) is 2.94. The summed E-state index contributed by atoms with van der Waals surface area (Å²) in [5.41, 5.74) is 8.55. The molecule has 0 aliphatic carbocycles. The number of rotatable bonds is 3. The monoisotopic (exact) mass is 251 g/mol. The van der Waals surface area contributed by atoms with Crippen LogP contribution in [0.5, 0.6) is 0 Å². The number of hydrogen-bond acceptors (Lipinski definition) is 1. The van der Waals surface area contributed by atoms with Crippen LogP contribution in [0, 0.1) is 0 Å². The van der Waals surface area contributed by atoms with Crippen molar-refractivity contribution in [1.29, 1.82) is 0 Å². The van der Waals surface area contributed by atoms with Crippen LogP contribution in [0.15, 0.2) is 36.4 Å². The lowest BCUT2D eigenvalue weighted by molar-refractivity contribution is 1.09. The summed E-state index contributed by atoms with van der Waals surface area (Å²) in [5, 5.41) is 3.48. The molecule has 19 heavy (non-hydrogen) atoms. The molecule has 0 bridgehead atoms. The molecule has 0 unspecified atom stereocenters. The minimum Gasteiger partial charge on any atom is -0.384 e. The van der Waals surface area contributed by atoms with Crippen LogP contribution in [0.1, 0.15) is 30.5 Å². The van der Waals surface area contributed by atoms with E-state index in [1.807, 2.05) is 0 Å². The van der Waals surface area contributed by atoms with Gasteiger partial charge >= 0.3 is 0 Å². The van der Waals surface area contributed by atoms with E-state index >= 15 is 0 Å². The third-order valence-corrected chi connectivity index (χ3v) is 4.12. The molecule has 0 spiro atoms. The SMILES string of the molecule is CCc1ccc(CC)c(-c2cccc3c2CCN3)c1. The Morgan fingerprint density at radius 3 is 2.68 bits per heavy atom. The topological polar surface area (TPSA) is 12.0 Å². The number of fused-ring (bicyclic) bond motifs is 1. The molecular formula is C18H21N. The lowest BCUT2D eigenvalue weighted by atomic mass is 9.91. The minimum absolute atomic E-state index is 1.07. The second-order valence-electron chi connectivity index (χ2n) is 5.21. The van der Waals surface area contributed by atoms with E-state index in [1.54, 1.807) is 0 Å². The van der Waals surface area contributed by atoms with Crippen molar-refractivity contribution < 1.29 is 0 Å². The van der Waals surface area contributed by atoms with Crippen molar-refractivity contribution in [2.75, 3.05) is 11.9 Å². The van der Waals surface area contributed by atoms with Crippen LogP contribution in [0.3, 0.4) is 0 Å². The predicted molar refractivity (Wildman–Crippen MR) is 82.8 cm³/mol. The molecule has 2 aromatic rings. The minimum atomic E-state index is 1.07. The van der Waals surface area contributed by atoms with Crippen molar-refractivity contribution in [3.05, 3.63) is 53.1 Å². The van der Waals surface area contributed by atoms with Gasteiger partial charge in [-0.2, -0.15) is 0 Å². The molecule has 0 radical (unpaired) electrons. The first-order chi connectivity index (χ1) is 9.33. The van der Waals surface area contributed by atoms with E-state index in [-0.39, 0.29) is 0 Å². The third kappa shape index (κ3) is 2.14. The maximum Gasteiger partial charge on any atom is 0.0379 e. The highest BCUT2D eigenvalue weighted by atomic mass is 14.9. The Hall–Kier alpha value is -1.76. The molecule has 1 heteroatoms. The molecule has 0 saturated heterocycles. The first kappa shape index (κ1) is 12.3. The van der Waals surface area contributed by atoms with Gasteiger partial charge in [0.15, 0.2) is 0 Å². The van der Waals surface area contributed by atoms with Crippen LogP contribution in [0.4, 0.5) is 5.69 Å². The number of aryl methyl sites for hydroxylation is 2. The highest BCUT2D eigenvalue weighted by Gasteiger charge is 2.16. The predicted octanol–water partition coefficient (Wildman–Crippen LogP) is 4.45. The molecule has 0 saturated carbocycles. The Labute approximate surface area is 115 Å². The summed E-state index contributed by atoms with van der Waals surface area (Å²) in [7, 11) is 0. The first-order valence-electron chi connectivity index (χ1n) is 7.31. The van der Waals surface area contributed by atoms with Gasteiger partial charge in [0.1, 0.15) is 0 Å². The summed E-state index contributed by atoms with van der Waals surface area (Å²) >= 11 is 0. The highest BCUT2D eigenvalue weighted by molar-refractivity contribution is 5.78. The lowest BCUT2D eigenvalue weighted by Gasteiger charge is -2.14. The fourth-order valence-electron chi connectivity index (χ4n) is 3.00. The summed E-state index contributed by atoms with van der Waals surface area (Å²) in [6.45, 7) is 5.54. The van der Waals surface area contributed by atoms with Crippen molar-refractivity contribution in [3.8, 4) is 11.1 Å². The van der Waals surface area contributed by atoms with Crippen molar-refractivity contribution in [1.82, 2.24) is 0 Å². The van der Waals surface area contributed by atoms with Gasteiger partial charge in [0.25, 0.3) is 0 Å². The molecule has 1 aliphatic rings. The number of anilines is 1. The van der Waals surface area contributed by atoms with Crippen molar-refractivity contribution in [2.45, 2.75) is 33.1 Å². The molecule has 0 amide bonds. The summed E-state index contributed by atoms with van der Waals surface area (Å²) in [5.74, 6) is 0. The maximum atomic E-state index is 3.48. The smallest absolute Gasteiger partial charge is 0.0379 e. The van der Waals surface area contributed by atoms with E-state index in [1.165, 1.54) is 33.5 Å². The standard InChI is InChI=1S/C18H21N/c1-3-13-8-9-14(4-2)17(12-13)15-6-5-7-18-16(15)10-11-19-18/h5-9,12,19H,3-4,10-11H2,1-2H3. The van der Waals surface area contributed by atoms with E-state index in [0.29, 0.717) is 0 Å². The van der Waals surface area contributed by atoms with Gasteiger partial charge in [-0.25, -0.2) is 0 Å². The Morgan fingerprint density at radius 2 is 1.89 bits per heavy atom. The fraction of sp³-hybridized carbons (Fsp3) is 0.333. The molecule has 1 heterocycles. The van der Waals surface area contributed by atoms with Crippen LogP contribution < -0.4 is 5.32 Å². The van der Waals surface area contributed by atoms with Gasteiger partial charge in [-0.3, -0.25) is 0 Å². The van der Waals surface area contributed by atoms with Gasteiger partial charge in [-0.1, -0.05) is 44.2 Å². The van der Waals surface area contributed by atoms with E-state index in [9.17, 15) is 0 Å². The van der Waals surface area contributed by atoms with Crippen molar-refractivity contribution in [2.24, 2.45) is 0 Å². The van der Waals surface area contributed by atoms with Crippen molar-refractivity contribution >= 4 is 5.69 Å². The lowest BCUT2D eigenvalue weighted by Crippen LogP contribution is -1.94. The van der Waals surface area contributed by atoms with Crippen LogP contribution in [0.2, 0.25) is 0 Å². The zero-order chi connectivity index (χ0) is 13.2. The quantitative estimate of drug-likeness (QED) is 0.850. The van der Waals surface area contributed by atoms with Crippen LogP contribution in [0.25, 0.3) is 11.1 Å². The molecular weight excluding hydrogens is 230 g/mol. The first-order valence-corrected chi connectivity index (χ1v) is 7.31. The Balaban J connectivity index is 2.18. The highest BCUT2D eigenvalue weighted by Crippen LogP contribution is 2.35. The van der Waals surface area contributed by atoms with Gasteiger partial charge < -0.3 is 5.32 Å². The van der Waals surface area contributed by atoms with Crippen LogP contribution in [-0.4, -0.2) is 6.54 Å². The van der Waals surface area contributed by atoms with E-state index in [4.69, 9.17) is 0 Å². The number of nitrogens with one attached hydrogen (secondary N) is 1. The van der Waals surface area contributed by atoms with E-state index in [2.05, 4.69) is 55.6 Å². The zero-order valence-corrected chi connectivity index (χ0v) is 11.8. The molecule has 1 aliphatic heterocycles. The average molecular weight is 251 g/mol. The van der Waals surface area contributed by atoms with Crippen LogP contribution >= 0.6 is 0 Å². The molecule has 98 valence electrons. The second-order valence-corrected chi connectivity index (χ2v) is 5.21. The van der Waals surface area contributed by atoms with Gasteiger partial charge in [0, 0.05) is 12.2 Å². The second kappa shape index (κ2) is 5.08. The number of hydrogen-bond donors (Lipinski definition) is 1. The molecule has 3 rings (SSSR count). The van der Waals surface area contributed by atoms with Gasteiger partial charge in [0.2, 0.25) is 0 Å². The largest absolute Gasteiger partial charge is 0.384 e. The molecule has 1 N–H and O–H groups in total. The molecule has 2 aromatic carbocycles. The Kier molecular flexibility index (Phi) is 3.29. The van der Waals surface area contributed by atoms with Gasteiger partial charge in [0.05, 0.1) is 0 Å². The number of benzene rings is 2. The summed E-state index contributed by atoms with van der Waals surface area (Å²) in [6, 6.07) is 13.6. The van der Waals surface area contributed by atoms with Crippen LogP contribution in [-0.2, 0) is 19.3 Å². The third-order valence-electron chi connectivity index (χ3n) is 4.12. The Morgan fingerprint density at radius 1 is 1.00 bits per heavy atom. The summed E-state index contributed by atoms with van der Waals surface area (Å²) in [4.78, 5) is 0. The van der Waals surface area contributed by atoms with Crippen molar-refractivity contribution in [3.63, 3.8) is 0 Å². The fourth-order valence-corrected chi connectivity index (χ4v) is 3.00. The normalized spacial score (nSPS) is 13.2. The zero-order valence-electron chi connectivity index (χ0n) is 11.8. The van der Waals surface area contributed by atoms with Gasteiger partial charge in [-0.05, 0) is 53.1 Å². The molecule has 0 atom stereocenters. The van der Waals surface area contributed by atoms with E-state index in [0.717, 1.165) is 25.8 Å². The summed E-state index contributed by atoms with van der Waals surface area (Å²) in [6.07, 6.45) is 3.34. The molecule has 1 nitrogen and oxygen atoms in total. The Bertz CT molecular complexity index is 599. The van der Waals surface area contributed by atoms with E-state index < -0.39 is 0 Å². The molecule has 0 fully saturated rings. The van der Waals surface area contributed by atoms with Gasteiger partial charge in [-0.15, -0.1) is 0 Å². The maximum absolute atomic E-state index is 3.48. The summed E-state index contributed by atoms with van der Waals surface area (Å²) < 4.78 is 0. The molecule has 0 aromatic heterocycles.